The number of rotatable bonds is 10. The number of tetrazole rings is 1. The summed E-state index contributed by atoms with van der Waals surface area (Å²) in [6, 6.07) is 25.8. The molecular formula is C34H40Cl2F3N7O3. The number of ether oxygens (including phenoxy) is 2. The number of alkyl halides is 3. The maximum atomic E-state index is 13.7. The Labute approximate surface area is 296 Å². The molecule has 15 heteroatoms. The van der Waals surface area contributed by atoms with Gasteiger partial charge in [0.1, 0.15) is 5.75 Å². The summed E-state index contributed by atoms with van der Waals surface area (Å²) in [6.45, 7) is 4.07. The molecule has 0 radical (unpaired) electrons. The van der Waals surface area contributed by atoms with Crippen LogP contribution in [0.4, 0.5) is 13.2 Å². The number of aromatic nitrogens is 4. The molecule has 3 aromatic carbocycles. The number of halogens is 5. The van der Waals surface area contributed by atoms with Crippen molar-refractivity contribution in [2.45, 2.75) is 37.1 Å². The number of methoxy groups -OCH3 is 2. The topological polar surface area (TPSA) is 88.9 Å². The van der Waals surface area contributed by atoms with Crippen molar-refractivity contribution in [2.24, 2.45) is 0 Å². The van der Waals surface area contributed by atoms with Gasteiger partial charge in [-0.25, -0.2) is 0 Å². The minimum absolute atomic E-state index is 0. The second-order valence-electron chi connectivity index (χ2n) is 11.9. The maximum absolute atomic E-state index is 13.7. The van der Waals surface area contributed by atoms with Gasteiger partial charge in [0.2, 0.25) is 5.91 Å². The zero-order valence-electron chi connectivity index (χ0n) is 27.2. The van der Waals surface area contributed by atoms with Crippen LogP contribution in [0.1, 0.15) is 34.9 Å². The van der Waals surface area contributed by atoms with Crippen LogP contribution in [0.5, 0.6) is 5.75 Å². The first-order chi connectivity index (χ1) is 22.8. The van der Waals surface area contributed by atoms with Crippen LogP contribution in [-0.2, 0) is 22.3 Å². The minimum Gasteiger partial charge on any atom is -0.496 e. The van der Waals surface area contributed by atoms with Gasteiger partial charge < -0.3 is 14.4 Å². The number of amides is 1. The highest BCUT2D eigenvalue weighted by atomic mass is 35.5. The lowest BCUT2D eigenvalue weighted by atomic mass is 9.81. The minimum atomic E-state index is -4.72. The Morgan fingerprint density at radius 3 is 2.20 bits per heavy atom. The third-order valence-electron chi connectivity index (χ3n) is 9.07. The standard InChI is InChI=1S/C34H38F3N7O3.2ClH/c1-46-18-15-31(45)42-16-17-43-28(22-42)21-41(23-29(43)32(24-9-5-3-6-10-24)25-11-7-4-8-12-25)20-26-19-27(13-14-30(26)47-2)44-33(34(35,36)37)38-39-40-44;;/h3-14,19,28-29,32H,15-18,20-23H2,1-2H3;2*1H/t28-,29+;;/m1../s1. The van der Waals surface area contributed by atoms with Gasteiger partial charge in [0.25, 0.3) is 5.82 Å². The van der Waals surface area contributed by atoms with Gasteiger partial charge in [-0.3, -0.25) is 14.6 Å². The number of benzene rings is 3. The Morgan fingerprint density at radius 2 is 1.59 bits per heavy atom. The Hall–Kier alpha value is -3.75. The second kappa shape index (κ2) is 16.8. The lowest BCUT2D eigenvalue weighted by Gasteiger charge is -2.53. The predicted octanol–water partition coefficient (Wildman–Crippen LogP) is 5.10. The van der Waals surface area contributed by atoms with Gasteiger partial charge in [-0.05, 0) is 39.8 Å². The van der Waals surface area contributed by atoms with Crippen LogP contribution in [0, 0.1) is 0 Å². The number of piperazine rings is 2. The molecule has 3 heterocycles. The van der Waals surface area contributed by atoms with Gasteiger partial charge in [-0.1, -0.05) is 60.7 Å². The summed E-state index contributed by atoms with van der Waals surface area (Å²) < 4.78 is 52.5. The van der Waals surface area contributed by atoms with E-state index < -0.39 is 12.0 Å². The van der Waals surface area contributed by atoms with Crippen molar-refractivity contribution in [1.82, 2.24) is 34.9 Å². The largest absolute Gasteiger partial charge is 0.496 e. The van der Waals surface area contributed by atoms with Gasteiger partial charge in [-0.15, -0.1) is 29.9 Å². The van der Waals surface area contributed by atoms with Crippen LogP contribution in [0.3, 0.4) is 0 Å². The fraction of sp³-hybridized carbons (Fsp3) is 0.412. The average Bonchev–Trinajstić information content (AvgIpc) is 3.59. The first-order valence-corrected chi connectivity index (χ1v) is 15.6. The predicted molar refractivity (Wildman–Crippen MR) is 183 cm³/mol. The van der Waals surface area contributed by atoms with Gasteiger partial charge in [0.15, 0.2) is 0 Å². The highest BCUT2D eigenvalue weighted by Crippen LogP contribution is 2.37. The van der Waals surface area contributed by atoms with Gasteiger partial charge >= 0.3 is 6.18 Å². The Morgan fingerprint density at radius 1 is 0.918 bits per heavy atom. The van der Waals surface area contributed by atoms with Crippen molar-refractivity contribution in [3.63, 3.8) is 0 Å². The van der Waals surface area contributed by atoms with Crippen molar-refractivity contribution in [3.05, 3.63) is 101 Å². The number of hydrogen-bond donors (Lipinski definition) is 0. The number of nitrogens with zero attached hydrogens (tertiary/aromatic N) is 7. The molecular weight excluding hydrogens is 682 g/mol. The van der Waals surface area contributed by atoms with E-state index in [2.05, 4.69) is 73.9 Å². The molecule has 10 nitrogen and oxygen atoms in total. The van der Waals surface area contributed by atoms with E-state index in [0.29, 0.717) is 61.7 Å². The highest BCUT2D eigenvalue weighted by Gasteiger charge is 2.43. The molecule has 0 aliphatic carbocycles. The van der Waals surface area contributed by atoms with E-state index in [1.807, 2.05) is 17.0 Å². The summed E-state index contributed by atoms with van der Waals surface area (Å²) >= 11 is 0. The van der Waals surface area contributed by atoms with Crippen molar-refractivity contribution in [3.8, 4) is 11.4 Å². The van der Waals surface area contributed by atoms with Crippen molar-refractivity contribution in [2.75, 3.05) is 53.6 Å². The SMILES string of the molecule is COCCC(=O)N1CCN2[C@H](CN(Cc3cc(-n4nnnc4C(F)(F)F)ccc3OC)C[C@H]2C(c2ccccc2)c2ccccc2)C1.Cl.Cl. The van der Waals surface area contributed by atoms with Gasteiger partial charge in [-0.2, -0.15) is 17.9 Å². The molecule has 2 atom stereocenters. The summed E-state index contributed by atoms with van der Waals surface area (Å²) in [5.41, 5.74) is 3.29. The van der Waals surface area contributed by atoms with Crippen LogP contribution in [0.25, 0.3) is 5.69 Å². The highest BCUT2D eigenvalue weighted by molar-refractivity contribution is 5.85. The molecule has 264 valence electrons. The molecule has 0 bridgehead atoms. The van der Waals surface area contributed by atoms with Crippen molar-refractivity contribution < 1.29 is 27.4 Å². The van der Waals surface area contributed by atoms with E-state index in [4.69, 9.17) is 9.47 Å². The summed E-state index contributed by atoms with van der Waals surface area (Å²) in [4.78, 5) is 19.9. The fourth-order valence-electron chi connectivity index (χ4n) is 6.97. The molecule has 2 aliphatic rings. The molecule has 0 spiro atoms. The number of fused-ring (bicyclic) bond motifs is 1. The van der Waals surface area contributed by atoms with Crippen LogP contribution >= 0.6 is 24.8 Å². The molecule has 0 N–H and O–H groups in total. The Bertz CT molecular complexity index is 1610. The average molecular weight is 723 g/mol. The molecule has 2 fully saturated rings. The molecule has 0 unspecified atom stereocenters. The molecule has 6 rings (SSSR count). The molecule has 1 amide bonds. The van der Waals surface area contributed by atoms with Gasteiger partial charge in [0, 0.05) is 69.9 Å². The first-order valence-electron chi connectivity index (χ1n) is 15.6. The lowest BCUT2D eigenvalue weighted by Crippen LogP contribution is -2.67. The normalized spacial score (nSPS) is 18.4. The van der Waals surface area contributed by atoms with E-state index in [-0.39, 0.29) is 54.4 Å². The quantitative estimate of drug-likeness (QED) is 0.224. The van der Waals surface area contributed by atoms with Crippen molar-refractivity contribution >= 4 is 30.7 Å². The van der Waals surface area contributed by atoms with E-state index in [1.165, 1.54) is 17.2 Å². The molecule has 2 aliphatic heterocycles. The molecule has 2 saturated heterocycles. The van der Waals surface area contributed by atoms with Crippen LogP contribution < -0.4 is 4.74 Å². The number of carbonyl (C=O) groups excluding carboxylic acids is 1. The molecule has 0 saturated carbocycles. The molecule has 4 aromatic rings. The smallest absolute Gasteiger partial charge is 0.453 e. The summed E-state index contributed by atoms with van der Waals surface area (Å²) in [5, 5.41) is 10.1. The Balaban J connectivity index is 0.00000270. The summed E-state index contributed by atoms with van der Waals surface area (Å²) in [6.07, 6.45) is -4.39. The Kier molecular flexibility index (Phi) is 13.0. The number of carbonyl (C=O) groups is 1. The summed E-state index contributed by atoms with van der Waals surface area (Å²) in [7, 11) is 3.14. The molecule has 49 heavy (non-hydrogen) atoms. The number of hydrogen-bond acceptors (Lipinski definition) is 8. The monoisotopic (exact) mass is 721 g/mol. The third-order valence-corrected chi connectivity index (χ3v) is 9.07. The third kappa shape index (κ3) is 8.53. The maximum Gasteiger partial charge on any atom is 0.453 e. The van der Waals surface area contributed by atoms with E-state index in [0.717, 1.165) is 6.54 Å². The van der Waals surface area contributed by atoms with E-state index in [9.17, 15) is 18.0 Å². The summed E-state index contributed by atoms with van der Waals surface area (Å²) in [5.74, 6) is -0.533. The zero-order valence-corrected chi connectivity index (χ0v) is 28.8. The van der Waals surface area contributed by atoms with Gasteiger partial charge in [0.05, 0.1) is 25.8 Å². The van der Waals surface area contributed by atoms with Crippen LogP contribution in [0.15, 0.2) is 78.9 Å². The van der Waals surface area contributed by atoms with Crippen molar-refractivity contribution in [1.29, 1.82) is 0 Å². The lowest BCUT2D eigenvalue weighted by molar-refractivity contribution is -0.146. The first kappa shape index (κ1) is 38.1. The van der Waals surface area contributed by atoms with Crippen LogP contribution in [-0.4, -0.2) is 106 Å². The van der Waals surface area contributed by atoms with E-state index in [1.54, 1.807) is 26.4 Å². The van der Waals surface area contributed by atoms with Crippen LogP contribution in [0.2, 0.25) is 0 Å². The fourth-order valence-corrected chi connectivity index (χ4v) is 6.97. The van der Waals surface area contributed by atoms with E-state index >= 15 is 0 Å². The second-order valence-corrected chi connectivity index (χ2v) is 11.9. The molecule has 1 aromatic heterocycles. The zero-order chi connectivity index (χ0) is 33.0.